The largest absolute Gasteiger partial charge is 0.354 e. The zero-order chi connectivity index (χ0) is 25.7. The van der Waals surface area contributed by atoms with Gasteiger partial charge in [-0.15, -0.1) is 0 Å². The van der Waals surface area contributed by atoms with Gasteiger partial charge in [0.2, 0.25) is 5.91 Å². The van der Waals surface area contributed by atoms with Gasteiger partial charge in [-0.2, -0.15) is 0 Å². The van der Waals surface area contributed by atoms with Crippen molar-refractivity contribution in [3.05, 3.63) is 90.9 Å². The van der Waals surface area contributed by atoms with Crippen LogP contribution in [0.15, 0.2) is 85.3 Å². The Morgan fingerprint density at radius 3 is 2.22 bits per heavy atom. The lowest BCUT2D eigenvalue weighted by molar-refractivity contribution is -0.121. The van der Waals surface area contributed by atoms with Crippen LogP contribution >= 0.6 is 0 Å². The summed E-state index contributed by atoms with van der Waals surface area (Å²) in [6, 6.07) is 3.63. The van der Waals surface area contributed by atoms with Gasteiger partial charge in [0, 0.05) is 37.9 Å². The second-order valence-electron chi connectivity index (χ2n) is 8.94. The Kier molecular flexibility index (Phi) is 15.3. The highest BCUT2D eigenvalue weighted by Gasteiger charge is 2.29. The molecule has 0 aromatic carbocycles. The molecular weight excluding hydrogens is 446 g/mol. The molecule has 1 N–H and O–H groups in total. The van der Waals surface area contributed by atoms with E-state index in [1.807, 2.05) is 4.90 Å². The molecule has 36 heavy (non-hydrogen) atoms. The van der Waals surface area contributed by atoms with Crippen molar-refractivity contribution in [1.82, 2.24) is 15.2 Å². The van der Waals surface area contributed by atoms with Crippen molar-refractivity contribution in [3.63, 3.8) is 0 Å². The van der Waals surface area contributed by atoms with Crippen molar-refractivity contribution >= 4 is 11.8 Å². The number of allylic oxidation sites excluding steroid dienone is 10. The topological polar surface area (TPSA) is 62.3 Å². The Morgan fingerprint density at radius 1 is 0.972 bits per heavy atom. The Bertz CT molecular complexity index is 900. The normalized spacial score (nSPS) is 16.5. The van der Waals surface area contributed by atoms with Crippen molar-refractivity contribution in [3.8, 4) is 0 Å². The van der Waals surface area contributed by atoms with Crippen LogP contribution in [-0.2, 0) is 4.79 Å². The van der Waals surface area contributed by atoms with E-state index in [0.29, 0.717) is 18.5 Å². The Hall–Kier alpha value is -3.21. The number of hydrogen-bond acceptors (Lipinski definition) is 3. The molecule has 1 saturated heterocycles. The lowest BCUT2D eigenvalue weighted by Gasteiger charge is -2.25. The van der Waals surface area contributed by atoms with Gasteiger partial charge >= 0.3 is 0 Å². The van der Waals surface area contributed by atoms with Crippen molar-refractivity contribution in [2.75, 3.05) is 13.1 Å². The minimum Gasteiger partial charge on any atom is -0.354 e. The highest BCUT2D eigenvalue weighted by molar-refractivity contribution is 5.94. The maximum absolute atomic E-state index is 12.7. The number of nitrogens with zero attached hydrogens (tertiary/aromatic N) is 2. The molecule has 1 aliphatic rings. The summed E-state index contributed by atoms with van der Waals surface area (Å²) >= 11 is 0. The summed E-state index contributed by atoms with van der Waals surface area (Å²) in [5.74, 6) is 0.0567. The van der Waals surface area contributed by atoms with Crippen LogP contribution in [0.4, 0.5) is 0 Å². The van der Waals surface area contributed by atoms with E-state index >= 15 is 0 Å². The maximum atomic E-state index is 12.7. The summed E-state index contributed by atoms with van der Waals surface area (Å²) in [7, 11) is 0. The highest BCUT2D eigenvalue weighted by atomic mass is 16.2. The van der Waals surface area contributed by atoms with Crippen LogP contribution in [0.1, 0.15) is 81.5 Å². The van der Waals surface area contributed by atoms with E-state index in [9.17, 15) is 9.59 Å². The number of likely N-dealkylation sites (tertiary alicyclic amines) is 1. The lowest BCUT2D eigenvalue weighted by Crippen LogP contribution is -2.43. The SMILES string of the molecule is CC/C=C\C/C=C\C/C=C\C/C=C\C/C=C\CCCC(=O)NC[C@@H]1CCCN1C(=O)c1cccnc1. The number of pyridine rings is 1. The minimum absolute atomic E-state index is 0.00163. The molecule has 0 bridgehead atoms. The first-order valence-electron chi connectivity index (χ1n) is 13.4. The van der Waals surface area contributed by atoms with E-state index in [-0.39, 0.29) is 17.9 Å². The molecule has 5 nitrogen and oxygen atoms in total. The van der Waals surface area contributed by atoms with Crippen molar-refractivity contribution in [2.24, 2.45) is 0 Å². The molecule has 1 fully saturated rings. The molecule has 0 unspecified atom stereocenters. The van der Waals surface area contributed by atoms with Gasteiger partial charge in [-0.05, 0) is 69.9 Å². The van der Waals surface area contributed by atoms with Crippen LogP contribution in [0.3, 0.4) is 0 Å². The Balaban J connectivity index is 1.50. The molecule has 2 rings (SSSR count). The summed E-state index contributed by atoms with van der Waals surface area (Å²) < 4.78 is 0. The third kappa shape index (κ3) is 12.5. The summed E-state index contributed by atoms with van der Waals surface area (Å²) in [5, 5.41) is 3.02. The minimum atomic E-state index is -0.00163. The van der Waals surface area contributed by atoms with Crippen LogP contribution in [0.5, 0.6) is 0 Å². The molecule has 5 heteroatoms. The van der Waals surface area contributed by atoms with Crippen LogP contribution < -0.4 is 5.32 Å². The van der Waals surface area contributed by atoms with Crippen molar-refractivity contribution in [1.29, 1.82) is 0 Å². The third-order valence-corrected chi connectivity index (χ3v) is 6.01. The molecule has 2 amide bonds. The number of carbonyl (C=O) groups is 2. The molecule has 1 aromatic heterocycles. The molecule has 2 heterocycles. The molecule has 194 valence electrons. The second-order valence-corrected chi connectivity index (χ2v) is 8.94. The average molecular weight is 490 g/mol. The summed E-state index contributed by atoms with van der Waals surface area (Å²) in [6.45, 7) is 3.40. The monoisotopic (exact) mass is 489 g/mol. The molecule has 0 radical (unpaired) electrons. The van der Waals surface area contributed by atoms with Gasteiger partial charge < -0.3 is 10.2 Å². The standard InChI is InChI=1S/C31H43N3O2/c1-2-3-4-5-6-7-8-9-10-11-12-13-14-15-16-17-18-23-30(35)33-27-29-22-20-25-34(29)31(36)28-21-19-24-32-26-28/h3-4,6-7,9-10,12-13,15-16,19,21,24,26,29H,2,5,8,11,14,17-18,20,22-23,25,27H2,1H3,(H,33,35)/b4-3-,7-6-,10-9-,13-12-,16-15-/t29-/m0/s1. The number of amides is 2. The first-order valence-corrected chi connectivity index (χ1v) is 13.4. The third-order valence-electron chi connectivity index (χ3n) is 6.01. The number of hydrogen-bond donors (Lipinski definition) is 1. The van der Waals surface area contributed by atoms with Crippen LogP contribution in [-0.4, -0.2) is 40.8 Å². The first-order chi connectivity index (χ1) is 17.7. The van der Waals surface area contributed by atoms with Gasteiger partial charge in [-0.25, -0.2) is 0 Å². The first kappa shape index (κ1) is 29.0. The van der Waals surface area contributed by atoms with E-state index in [2.05, 4.69) is 78.0 Å². The maximum Gasteiger partial charge on any atom is 0.255 e. The second kappa shape index (κ2) is 19.0. The summed E-state index contributed by atoms with van der Waals surface area (Å²) in [4.78, 5) is 30.8. The molecule has 0 saturated carbocycles. The molecule has 1 aromatic rings. The lowest BCUT2D eigenvalue weighted by atomic mass is 10.1. The van der Waals surface area contributed by atoms with Gasteiger partial charge in [0.05, 0.1) is 5.56 Å². The predicted octanol–water partition coefficient (Wildman–Crippen LogP) is 6.72. The number of aromatic nitrogens is 1. The number of carbonyl (C=O) groups excluding carboxylic acids is 2. The number of rotatable bonds is 16. The predicted molar refractivity (Wildman–Crippen MR) is 150 cm³/mol. The van der Waals surface area contributed by atoms with Gasteiger partial charge in [-0.3, -0.25) is 14.6 Å². The Labute approximate surface area is 217 Å². The van der Waals surface area contributed by atoms with E-state index in [1.165, 1.54) is 0 Å². The van der Waals surface area contributed by atoms with E-state index < -0.39 is 0 Å². The Morgan fingerprint density at radius 2 is 1.61 bits per heavy atom. The molecule has 1 aliphatic heterocycles. The van der Waals surface area contributed by atoms with Crippen LogP contribution in [0.25, 0.3) is 0 Å². The molecule has 1 atom stereocenters. The van der Waals surface area contributed by atoms with Gasteiger partial charge in [-0.1, -0.05) is 67.7 Å². The molecular formula is C31H43N3O2. The zero-order valence-electron chi connectivity index (χ0n) is 21.9. The van der Waals surface area contributed by atoms with Crippen molar-refractivity contribution < 1.29 is 9.59 Å². The fourth-order valence-corrected chi connectivity index (χ4v) is 4.04. The summed E-state index contributed by atoms with van der Waals surface area (Å²) in [6.07, 6.45) is 34.3. The van der Waals surface area contributed by atoms with Gasteiger partial charge in [0.1, 0.15) is 0 Å². The number of nitrogens with one attached hydrogen (secondary N) is 1. The highest BCUT2D eigenvalue weighted by Crippen LogP contribution is 2.19. The molecule has 0 aliphatic carbocycles. The van der Waals surface area contributed by atoms with Gasteiger partial charge in [0.25, 0.3) is 5.91 Å². The fourth-order valence-electron chi connectivity index (χ4n) is 4.04. The van der Waals surface area contributed by atoms with E-state index in [0.717, 1.165) is 64.3 Å². The van der Waals surface area contributed by atoms with Crippen LogP contribution in [0, 0.1) is 0 Å². The number of unbranched alkanes of at least 4 members (excludes halogenated alkanes) is 1. The van der Waals surface area contributed by atoms with E-state index in [1.54, 1.807) is 24.5 Å². The summed E-state index contributed by atoms with van der Waals surface area (Å²) in [5.41, 5.74) is 0.604. The quantitative estimate of drug-likeness (QED) is 0.207. The van der Waals surface area contributed by atoms with Crippen LogP contribution in [0.2, 0.25) is 0 Å². The average Bonchev–Trinajstić information content (AvgIpc) is 3.38. The molecule has 0 spiro atoms. The van der Waals surface area contributed by atoms with Crippen molar-refractivity contribution in [2.45, 2.75) is 77.2 Å². The van der Waals surface area contributed by atoms with Gasteiger partial charge in [0.15, 0.2) is 0 Å². The fraction of sp³-hybridized carbons (Fsp3) is 0.452. The van der Waals surface area contributed by atoms with E-state index in [4.69, 9.17) is 0 Å². The smallest absolute Gasteiger partial charge is 0.255 e. The zero-order valence-corrected chi connectivity index (χ0v) is 21.9.